The summed E-state index contributed by atoms with van der Waals surface area (Å²) in [5.41, 5.74) is 2.75. The number of nitrogens with one attached hydrogen (secondary N) is 2. The van der Waals surface area contributed by atoms with Gasteiger partial charge in [-0.15, -0.1) is 0 Å². The molecule has 3 rings (SSSR count). The monoisotopic (exact) mass is 490 g/mol. The molecule has 1 aliphatic rings. The Balaban J connectivity index is 1.68. The molecule has 1 saturated carbocycles. The second-order valence-corrected chi connectivity index (χ2v) is 7.52. The van der Waals surface area contributed by atoms with Gasteiger partial charge in [-0.1, -0.05) is 0 Å². The van der Waals surface area contributed by atoms with Gasteiger partial charge in [0.1, 0.15) is 0 Å². The van der Waals surface area contributed by atoms with E-state index < -0.39 is 12.1 Å². The molecule has 3 nitrogen and oxygen atoms in total. The molecule has 2 aromatic rings. The third-order valence-electron chi connectivity index (χ3n) is 4.07. The van der Waals surface area contributed by atoms with E-state index in [1.54, 1.807) is 0 Å². The Morgan fingerprint density at radius 1 is 1.19 bits per heavy atom. The van der Waals surface area contributed by atoms with Crippen LogP contribution in [0.3, 0.4) is 0 Å². The van der Waals surface area contributed by atoms with Crippen LogP contribution in [-0.2, 0) is 0 Å². The molecule has 3 radical (unpaired) electrons. The molecule has 0 spiro atoms. The van der Waals surface area contributed by atoms with Crippen molar-refractivity contribution in [2.75, 3.05) is 5.32 Å². The Morgan fingerprint density at radius 3 is 2.57 bits per heavy atom. The summed E-state index contributed by atoms with van der Waals surface area (Å²) < 4.78 is 39.1. The molecule has 7 heteroatoms. The van der Waals surface area contributed by atoms with Crippen LogP contribution in [0.15, 0.2) is 18.3 Å². The van der Waals surface area contributed by atoms with E-state index in [9.17, 15) is 13.2 Å². The fraction of sp³-hybridized carbons (Fsp3) is 0.500. The van der Waals surface area contributed by atoms with Crippen molar-refractivity contribution in [1.82, 2.24) is 9.97 Å². The number of hydrogen-bond donors (Lipinski definition) is 2. The minimum absolute atomic E-state index is 0.0992. The van der Waals surface area contributed by atoms with Gasteiger partial charge in [-0.05, 0) is 0 Å². The van der Waals surface area contributed by atoms with Crippen molar-refractivity contribution < 1.29 is 13.2 Å². The summed E-state index contributed by atoms with van der Waals surface area (Å²) in [5.74, 6) is -1.13. The van der Waals surface area contributed by atoms with Crippen molar-refractivity contribution in [2.45, 2.75) is 37.9 Å². The number of halogens is 3. The van der Waals surface area contributed by atoms with Crippen LogP contribution in [-0.4, -0.2) is 48.0 Å². The van der Waals surface area contributed by atoms with Crippen LogP contribution in [0.2, 0.25) is 0 Å². The van der Waals surface area contributed by atoms with Crippen LogP contribution in [0.1, 0.15) is 25.7 Å². The van der Waals surface area contributed by atoms with Crippen LogP contribution in [0, 0.1) is 5.92 Å². The van der Waals surface area contributed by atoms with Gasteiger partial charge >= 0.3 is 136 Å². The van der Waals surface area contributed by atoms with E-state index in [0.29, 0.717) is 12.8 Å². The van der Waals surface area contributed by atoms with Crippen LogP contribution < -0.4 is 8.57 Å². The molecular formula is C14H15F3N3Pb. The summed E-state index contributed by atoms with van der Waals surface area (Å²) in [4.78, 5) is 7.69. The van der Waals surface area contributed by atoms with Gasteiger partial charge in [0.2, 0.25) is 0 Å². The van der Waals surface area contributed by atoms with Crippen molar-refractivity contribution in [1.29, 1.82) is 0 Å². The number of hydrogen-bond acceptors (Lipinski definition) is 2. The van der Waals surface area contributed by atoms with Gasteiger partial charge in [0.15, 0.2) is 0 Å². The summed E-state index contributed by atoms with van der Waals surface area (Å²) in [5, 5.41) is 3.36. The quantitative estimate of drug-likeness (QED) is 0.638. The number of pyridine rings is 1. The Bertz CT molecular complexity index is 630. The zero-order chi connectivity index (χ0) is 15.0. The molecule has 2 heterocycles. The second-order valence-electron chi connectivity index (χ2n) is 5.53. The van der Waals surface area contributed by atoms with E-state index in [-0.39, 0.29) is 18.9 Å². The Kier molecular flexibility index (Phi) is 4.15. The fourth-order valence-corrected chi connectivity index (χ4v) is 3.65. The molecule has 2 N–H and O–H groups in total. The average Bonchev–Trinajstić information content (AvgIpc) is 2.81. The maximum absolute atomic E-state index is 12.7. The molecule has 0 bridgehead atoms. The topological polar surface area (TPSA) is 40.7 Å². The Labute approximate surface area is 136 Å². The Morgan fingerprint density at radius 2 is 1.90 bits per heavy atom. The van der Waals surface area contributed by atoms with Crippen LogP contribution in [0.4, 0.5) is 18.9 Å². The molecule has 0 aliphatic heterocycles. The minimum atomic E-state index is -4.05. The SMILES string of the molecule is FC(F)(F)C1CCC(Nc2c[nH]c3cc[c]([Pb])nc23)CC1. The van der Waals surface area contributed by atoms with E-state index in [1.165, 1.54) is 0 Å². The van der Waals surface area contributed by atoms with Crippen LogP contribution in [0.5, 0.6) is 0 Å². The number of alkyl halides is 3. The van der Waals surface area contributed by atoms with Gasteiger partial charge in [0, 0.05) is 0 Å². The van der Waals surface area contributed by atoms with Gasteiger partial charge in [0.25, 0.3) is 0 Å². The molecule has 1 fully saturated rings. The molecule has 0 unspecified atom stereocenters. The number of fused-ring (bicyclic) bond motifs is 1. The predicted octanol–water partition coefficient (Wildman–Crippen LogP) is 2.89. The van der Waals surface area contributed by atoms with Crippen molar-refractivity contribution in [3.05, 3.63) is 18.3 Å². The zero-order valence-corrected chi connectivity index (χ0v) is 15.2. The van der Waals surface area contributed by atoms with Crippen LogP contribution >= 0.6 is 0 Å². The van der Waals surface area contributed by atoms with Crippen molar-refractivity contribution >= 4 is 45.7 Å². The first-order valence-electron chi connectivity index (χ1n) is 6.96. The third kappa shape index (κ3) is 3.35. The first kappa shape index (κ1) is 15.1. The zero-order valence-electron chi connectivity index (χ0n) is 11.3. The average molecular weight is 489 g/mol. The van der Waals surface area contributed by atoms with E-state index in [1.807, 2.05) is 18.3 Å². The van der Waals surface area contributed by atoms with Crippen molar-refractivity contribution in [3.8, 4) is 0 Å². The standard InChI is InChI=1S/C14H15F3N3.Pb/c15-14(16,17)9-3-5-10(6-4-9)20-12-8-19-11-2-1-7-18-13(11)12;/h1-2,8-10,19-20H,3-6H2;. The second kappa shape index (κ2) is 5.77. The normalized spacial score (nSPS) is 23.4. The first-order valence-corrected chi connectivity index (χ1v) is 8.91. The maximum atomic E-state index is 12.7. The molecule has 0 amide bonds. The van der Waals surface area contributed by atoms with Gasteiger partial charge in [-0.2, -0.15) is 0 Å². The summed E-state index contributed by atoms with van der Waals surface area (Å²) >= 11 is 0.879. The van der Waals surface area contributed by atoms with Gasteiger partial charge in [-0.25, -0.2) is 0 Å². The molecule has 1 aliphatic carbocycles. The van der Waals surface area contributed by atoms with Gasteiger partial charge < -0.3 is 0 Å². The molecule has 0 saturated heterocycles. The number of aromatic nitrogens is 2. The summed E-state index contributed by atoms with van der Waals surface area (Å²) in [7, 11) is 0. The number of rotatable bonds is 2. The third-order valence-corrected chi connectivity index (χ3v) is 5.15. The number of H-pyrrole nitrogens is 1. The van der Waals surface area contributed by atoms with Gasteiger partial charge in [0.05, 0.1) is 0 Å². The molecule has 2 aromatic heterocycles. The number of anilines is 1. The molecular weight excluding hydrogens is 474 g/mol. The molecule has 0 atom stereocenters. The van der Waals surface area contributed by atoms with E-state index in [4.69, 9.17) is 0 Å². The predicted molar refractivity (Wildman–Crippen MR) is 76.9 cm³/mol. The van der Waals surface area contributed by atoms with Crippen molar-refractivity contribution in [2.24, 2.45) is 5.92 Å². The molecule has 111 valence electrons. The van der Waals surface area contributed by atoms with Crippen LogP contribution in [0.25, 0.3) is 11.0 Å². The van der Waals surface area contributed by atoms with E-state index in [0.717, 1.165) is 45.7 Å². The first-order chi connectivity index (χ1) is 9.93. The molecule has 21 heavy (non-hydrogen) atoms. The number of nitrogens with zero attached hydrogens (tertiary/aromatic N) is 1. The van der Waals surface area contributed by atoms with E-state index in [2.05, 4.69) is 15.3 Å². The number of aromatic amines is 1. The van der Waals surface area contributed by atoms with Gasteiger partial charge in [-0.3, -0.25) is 0 Å². The van der Waals surface area contributed by atoms with E-state index >= 15 is 0 Å². The summed E-state index contributed by atoms with van der Waals surface area (Å²) in [6.07, 6.45) is -0.663. The van der Waals surface area contributed by atoms with Crippen molar-refractivity contribution in [3.63, 3.8) is 0 Å². The summed E-state index contributed by atoms with van der Waals surface area (Å²) in [6, 6.07) is 4.09. The summed E-state index contributed by atoms with van der Waals surface area (Å²) in [6.45, 7) is 0. The molecule has 0 aromatic carbocycles. The fourth-order valence-electron chi connectivity index (χ4n) is 2.89. The Hall–Kier alpha value is -0.798.